The second-order valence-corrected chi connectivity index (χ2v) is 20.3. The van der Waals surface area contributed by atoms with Crippen LogP contribution in [0.5, 0.6) is 0 Å². The number of carbonyl (C=O) groups excluding carboxylic acids is 2. The molecule has 0 saturated heterocycles. The molecule has 390 valence electrons. The number of amides is 1. The maximum atomic E-state index is 12.5. The van der Waals surface area contributed by atoms with Gasteiger partial charge in [-0.15, -0.1) is 0 Å². The average Bonchev–Trinajstić information content (AvgIpc) is 3.32. The summed E-state index contributed by atoms with van der Waals surface area (Å²) in [6.07, 6.45) is 67.7. The fraction of sp³-hybridized carbons (Fsp3) is 0.900. The Labute approximate surface area is 411 Å². The molecule has 0 spiro atoms. The van der Waals surface area contributed by atoms with Crippen molar-refractivity contribution >= 4 is 11.9 Å². The Kier molecular flexibility index (Phi) is 54.5. The van der Waals surface area contributed by atoms with Gasteiger partial charge in [0.1, 0.15) is 0 Å². The molecule has 3 N–H and O–H groups in total. The summed E-state index contributed by atoms with van der Waals surface area (Å²) in [7, 11) is 0. The molecular weight excluding hydrogens is 815 g/mol. The third-order valence-corrected chi connectivity index (χ3v) is 13.7. The van der Waals surface area contributed by atoms with Crippen molar-refractivity contribution in [2.75, 3.05) is 13.2 Å². The summed E-state index contributed by atoms with van der Waals surface area (Å²) < 4.78 is 5.47. The molecule has 0 bridgehead atoms. The van der Waals surface area contributed by atoms with E-state index in [0.29, 0.717) is 19.4 Å². The highest BCUT2D eigenvalue weighted by Crippen LogP contribution is 2.17. The quantitative estimate of drug-likeness (QED) is 0.0321. The molecule has 0 aromatic carbocycles. The average molecular weight is 931 g/mol. The summed E-state index contributed by atoms with van der Waals surface area (Å²) in [5.41, 5.74) is 0. The zero-order valence-corrected chi connectivity index (χ0v) is 44.4. The van der Waals surface area contributed by atoms with E-state index < -0.39 is 12.1 Å². The number of nitrogens with one attached hydrogen (secondary N) is 1. The van der Waals surface area contributed by atoms with E-state index in [1.54, 1.807) is 6.08 Å². The van der Waals surface area contributed by atoms with Gasteiger partial charge in [0, 0.05) is 12.8 Å². The fourth-order valence-corrected chi connectivity index (χ4v) is 9.16. The Morgan fingerprint density at radius 1 is 0.409 bits per heavy atom. The first-order chi connectivity index (χ1) is 32.5. The first-order valence-corrected chi connectivity index (χ1v) is 29.6. The third kappa shape index (κ3) is 51.7. The summed E-state index contributed by atoms with van der Waals surface area (Å²) in [5.74, 6) is -0.0987. The fourth-order valence-electron chi connectivity index (χ4n) is 9.16. The van der Waals surface area contributed by atoms with Crippen LogP contribution in [0.4, 0.5) is 0 Å². The van der Waals surface area contributed by atoms with Gasteiger partial charge in [-0.05, 0) is 57.8 Å². The molecule has 0 aliphatic rings. The molecule has 0 aromatic heterocycles. The topological polar surface area (TPSA) is 95.9 Å². The van der Waals surface area contributed by atoms with Crippen LogP contribution in [-0.2, 0) is 14.3 Å². The lowest BCUT2D eigenvalue weighted by molar-refractivity contribution is -0.143. The highest BCUT2D eigenvalue weighted by atomic mass is 16.5. The molecule has 0 saturated carbocycles. The van der Waals surface area contributed by atoms with Gasteiger partial charge >= 0.3 is 5.97 Å². The SMILES string of the molecule is CCCCCCCCC/C=C\CCCCCCCC(=O)OCCCCCCCCCCCCCCC(=O)NC(CO)C(O)/C=C/CCCCCCCCCCCCCCCCCCCCC. The lowest BCUT2D eigenvalue weighted by Gasteiger charge is -2.20. The molecule has 2 unspecified atom stereocenters. The van der Waals surface area contributed by atoms with Crippen molar-refractivity contribution in [2.45, 2.75) is 334 Å². The Balaban J connectivity index is 3.49. The van der Waals surface area contributed by atoms with Crippen LogP contribution in [0.2, 0.25) is 0 Å². The van der Waals surface area contributed by atoms with Crippen LogP contribution in [0.1, 0.15) is 322 Å². The zero-order valence-electron chi connectivity index (χ0n) is 44.4. The Morgan fingerprint density at radius 2 is 0.712 bits per heavy atom. The van der Waals surface area contributed by atoms with Crippen LogP contribution in [0, 0.1) is 0 Å². The normalized spacial score (nSPS) is 12.7. The second-order valence-electron chi connectivity index (χ2n) is 20.3. The number of allylic oxidation sites excluding steroid dienone is 3. The van der Waals surface area contributed by atoms with E-state index >= 15 is 0 Å². The molecule has 0 heterocycles. The summed E-state index contributed by atoms with van der Waals surface area (Å²) in [5, 5.41) is 23.2. The van der Waals surface area contributed by atoms with Gasteiger partial charge in [-0.2, -0.15) is 0 Å². The van der Waals surface area contributed by atoms with E-state index in [0.717, 1.165) is 57.8 Å². The molecule has 66 heavy (non-hydrogen) atoms. The molecule has 6 heteroatoms. The van der Waals surface area contributed by atoms with Gasteiger partial charge in [0.15, 0.2) is 0 Å². The molecular formula is C60H115NO5. The van der Waals surface area contributed by atoms with E-state index in [9.17, 15) is 19.8 Å². The molecule has 0 fully saturated rings. The van der Waals surface area contributed by atoms with Crippen molar-refractivity contribution in [1.82, 2.24) is 5.32 Å². The molecule has 0 aliphatic heterocycles. The van der Waals surface area contributed by atoms with E-state index in [4.69, 9.17) is 4.74 Å². The Hall–Kier alpha value is -1.66. The first kappa shape index (κ1) is 64.3. The van der Waals surface area contributed by atoms with Crippen LogP contribution in [0.25, 0.3) is 0 Å². The van der Waals surface area contributed by atoms with E-state index in [-0.39, 0.29) is 18.5 Å². The van der Waals surface area contributed by atoms with E-state index in [1.807, 2.05) is 6.08 Å². The van der Waals surface area contributed by atoms with E-state index in [1.165, 1.54) is 238 Å². The molecule has 0 aromatic rings. The summed E-state index contributed by atoms with van der Waals surface area (Å²) in [6.45, 7) is 4.88. The standard InChI is InChI=1S/C60H115NO5/c1-3-5-7-9-11-13-15-17-19-21-22-23-24-25-26-28-32-36-40-44-48-52-58(63)57(56-62)61-59(64)53-49-45-41-37-33-30-31-35-39-43-47-51-55-66-60(65)54-50-46-42-38-34-29-27-20-18-16-14-12-10-8-6-4-2/h20,27,48,52,57-58,62-63H,3-19,21-26,28-47,49-51,53-56H2,1-2H3,(H,61,64)/b27-20-,52-48+. The predicted octanol–water partition coefficient (Wildman–Crippen LogP) is 18.2. The van der Waals surface area contributed by atoms with Crippen molar-refractivity contribution in [3.63, 3.8) is 0 Å². The van der Waals surface area contributed by atoms with Crippen molar-refractivity contribution in [3.05, 3.63) is 24.3 Å². The number of hydrogen-bond acceptors (Lipinski definition) is 5. The monoisotopic (exact) mass is 930 g/mol. The summed E-state index contributed by atoms with van der Waals surface area (Å²) in [4.78, 5) is 24.5. The molecule has 0 rings (SSSR count). The summed E-state index contributed by atoms with van der Waals surface area (Å²) in [6, 6.07) is -0.640. The van der Waals surface area contributed by atoms with Gasteiger partial charge < -0.3 is 20.3 Å². The number of aliphatic hydroxyl groups is 2. The van der Waals surface area contributed by atoms with Gasteiger partial charge in [-0.1, -0.05) is 276 Å². The number of ether oxygens (including phenoxy) is 1. The van der Waals surface area contributed by atoms with Gasteiger partial charge in [-0.3, -0.25) is 9.59 Å². The number of rotatable bonds is 55. The third-order valence-electron chi connectivity index (χ3n) is 13.7. The van der Waals surface area contributed by atoms with Crippen molar-refractivity contribution < 1.29 is 24.5 Å². The maximum Gasteiger partial charge on any atom is 0.305 e. The van der Waals surface area contributed by atoms with Crippen LogP contribution >= 0.6 is 0 Å². The molecule has 0 aliphatic carbocycles. The maximum absolute atomic E-state index is 12.5. The predicted molar refractivity (Wildman–Crippen MR) is 287 cm³/mol. The van der Waals surface area contributed by atoms with Crippen LogP contribution in [-0.4, -0.2) is 47.4 Å². The highest BCUT2D eigenvalue weighted by molar-refractivity contribution is 5.76. The number of hydrogen-bond donors (Lipinski definition) is 3. The van der Waals surface area contributed by atoms with Crippen LogP contribution < -0.4 is 5.32 Å². The number of unbranched alkanes of at least 4 members (excludes halogenated alkanes) is 42. The number of esters is 1. The molecule has 1 amide bonds. The van der Waals surface area contributed by atoms with Gasteiger partial charge in [0.2, 0.25) is 5.91 Å². The first-order valence-electron chi connectivity index (χ1n) is 29.6. The number of carbonyl (C=O) groups is 2. The largest absolute Gasteiger partial charge is 0.466 e. The van der Waals surface area contributed by atoms with Crippen molar-refractivity contribution in [2.24, 2.45) is 0 Å². The lowest BCUT2D eigenvalue weighted by Crippen LogP contribution is -2.45. The van der Waals surface area contributed by atoms with Crippen LogP contribution in [0.3, 0.4) is 0 Å². The van der Waals surface area contributed by atoms with Gasteiger partial charge in [-0.25, -0.2) is 0 Å². The molecule has 0 radical (unpaired) electrons. The minimum absolute atomic E-state index is 0.0175. The number of aliphatic hydroxyl groups excluding tert-OH is 2. The Bertz CT molecular complexity index is 1030. The minimum Gasteiger partial charge on any atom is -0.466 e. The summed E-state index contributed by atoms with van der Waals surface area (Å²) >= 11 is 0. The van der Waals surface area contributed by atoms with Gasteiger partial charge in [0.25, 0.3) is 0 Å². The molecule has 6 nitrogen and oxygen atoms in total. The zero-order chi connectivity index (χ0) is 47.9. The Morgan fingerprint density at radius 3 is 1.08 bits per heavy atom. The smallest absolute Gasteiger partial charge is 0.305 e. The van der Waals surface area contributed by atoms with E-state index in [2.05, 4.69) is 31.3 Å². The van der Waals surface area contributed by atoms with Crippen LogP contribution in [0.15, 0.2) is 24.3 Å². The second kappa shape index (κ2) is 55.9. The minimum atomic E-state index is -0.856. The lowest BCUT2D eigenvalue weighted by atomic mass is 10.0. The highest BCUT2D eigenvalue weighted by Gasteiger charge is 2.18. The van der Waals surface area contributed by atoms with Gasteiger partial charge in [0.05, 0.1) is 25.4 Å². The van der Waals surface area contributed by atoms with Crippen molar-refractivity contribution in [1.29, 1.82) is 0 Å². The van der Waals surface area contributed by atoms with Crippen molar-refractivity contribution in [3.8, 4) is 0 Å². The molecule has 2 atom stereocenters.